The predicted molar refractivity (Wildman–Crippen MR) is 140 cm³/mol. The third-order valence-electron chi connectivity index (χ3n) is 6.62. The zero-order valence-corrected chi connectivity index (χ0v) is 20.0. The van der Waals surface area contributed by atoms with Crippen LogP contribution in [-0.2, 0) is 13.0 Å². The van der Waals surface area contributed by atoms with Gasteiger partial charge in [-0.3, -0.25) is 9.80 Å². The molecule has 1 saturated heterocycles. The van der Waals surface area contributed by atoms with Crippen LogP contribution >= 0.6 is 0 Å². The minimum absolute atomic E-state index is 0.0454. The van der Waals surface area contributed by atoms with Gasteiger partial charge in [-0.05, 0) is 33.5 Å². The van der Waals surface area contributed by atoms with Crippen molar-refractivity contribution in [3.8, 4) is 0 Å². The smallest absolute Gasteiger partial charge is 0.173 e. The number of hydrogen-bond acceptors (Lipinski definition) is 5. The predicted octanol–water partition coefficient (Wildman–Crippen LogP) is 4.34. The maximum atomic E-state index is 4.52. The molecule has 0 N–H and O–H groups in total. The molecule has 3 aromatic carbocycles. The molecule has 0 unspecified atom stereocenters. The Bertz CT molecular complexity index is 1180. The first kappa shape index (κ1) is 23.1. The molecule has 0 spiro atoms. The summed E-state index contributed by atoms with van der Waals surface area (Å²) in [5.41, 5.74) is 3.78. The molecule has 0 radical (unpaired) electrons. The first-order chi connectivity index (χ1) is 17.4. The summed E-state index contributed by atoms with van der Waals surface area (Å²) in [7, 11) is 0. The molecule has 0 saturated carbocycles. The zero-order valence-electron chi connectivity index (χ0n) is 20.0. The Labute approximate surface area is 207 Å². The summed E-state index contributed by atoms with van der Waals surface area (Å²) in [6.45, 7) is 5.73. The van der Waals surface area contributed by atoms with Gasteiger partial charge in [0.25, 0.3) is 0 Å². The van der Waals surface area contributed by atoms with Crippen LogP contribution in [0.3, 0.4) is 0 Å². The fourth-order valence-electron chi connectivity index (χ4n) is 4.71. The van der Waals surface area contributed by atoms with E-state index in [4.69, 9.17) is 0 Å². The van der Waals surface area contributed by atoms with Crippen molar-refractivity contribution in [1.29, 1.82) is 0 Å². The van der Waals surface area contributed by atoms with Crippen LogP contribution in [0, 0.1) is 0 Å². The first-order valence-electron chi connectivity index (χ1n) is 12.4. The van der Waals surface area contributed by atoms with Gasteiger partial charge in [-0.25, -0.2) is 4.68 Å². The topological polar surface area (TPSA) is 50.1 Å². The molecule has 0 bridgehead atoms. The standard InChI is InChI=1S/C29H32N6/c1-4-11-25(12-5-1)15-10-19-33-21-23-34(24-22-33)28(27-16-8-3-9-17-27)29-30-31-32-35(29)20-18-26-13-6-2-7-14-26/h1-17,28H,18-24H2/t28-/m1/s1. The van der Waals surface area contributed by atoms with Crippen LogP contribution in [-0.4, -0.2) is 62.7 Å². The molecule has 4 aromatic rings. The van der Waals surface area contributed by atoms with Gasteiger partial charge in [-0.1, -0.05) is 103 Å². The molecule has 5 rings (SSSR count). The van der Waals surface area contributed by atoms with Crippen LogP contribution in [0.15, 0.2) is 97.1 Å². The van der Waals surface area contributed by atoms with Crippen LogP contribution in [0.4, 0.5) is 0 Å². The zero-order chi connectivity index (χ0) is 23.7. The van der Waals surface area contributed by atoms with Gasteiger partial charge in [0.1, 0.15) is 0 Å². The van der Waals surface area contributed by atoms with E-state index >= 15 is 0 Å². The van der Waals surface area contributed by atoms with Crippen molar-refractivity contribution in [2.45, 2.75) is 19.0 Å². The average molecular weight is 465 g/mol. The number of aryl methyl sites for hydroxylation is 2. The normalized spacial score (nSPS) is 16.0. The monoisotopic (exact) mass is 464 g/mol. The molecule has 1 atom stereocenters. The Kier molecular flexibility index (Phi) is 7.73. The number of rotatable bonds is 9. The van der Waals surface area contributed by atoms with Gasteiger partial charge in [0.05, 0.1) is 6.04 Å². The summed E-state index contributed by atoms with van der Waals surface area (Å²) in [5.74, 6) is 0.921. The quantitative estimate of drug-likeness (QED) is 0.369. The van der Waals surface area contributed by atoms with Gasteiger partial charge in [0.15, 0.2) is 5.82 Å². The van der Waals surface area contributed by atoms with Crippen molar-refractivity contribution < 1.29 is 0 Å². The summed E-state index contributed by atoms with van der Waals surface area (Å²) in [4.78, 5) is 5.04. The highest BCUT2D eigenvalue weighted by molar-refractivity contribution is 5.48. The van der Waals surface area contributed by atoms with Crippen molar-refractivity contribution in [3.63, 3.8) is 0 Å². The van der Waals surface area contributed by atoms with E-state index in [0.29, 0.717) is 0 Å². The maximum Gasteiger partial charge on any atom is 0.173 e. The highest BCUT2D eigenvalue weighted by Gasteiger charge is 2.30. The molecule has 178 valence electrons. The van der Waals surface area contributed by atoms with Crippen LogP contribution in [0.25, 0.3) is 6.08 Å². The number of hydrogen-bond donors (Lipinski definition) is 0. The molecule has 6 nitrogen and oxygen atoms in total. The second-order valence-corrected chi connectivity index (χ2v) is 8.96. The Morgan fingerprint density at radius 2 is 1.43 bits per heavy atom. The summed E-state index contributed by atoms with van der Waals surface area (Å²) in [5, 5.41) is 13.0. The largest absolute Gasteiger partial charge is 0.297 e. The highest BCUT2D eigenvalue weighted by atomic mass is 15.6. The maximum absolute atomic E-state index is 4.52. The molecule has 0 amide bonds. The van der Waals surface area contributed by atoms with Crippen molar-refractivity contribution in [2.75, 3.05) is 32.7 Å². The van der Waals surface area contributed by atoms with Gasteiger partial charge in [0, 0.05) is 39.3 Å². The second-order valence-electron chi connectivity index (χ2n) is 8.96. The fourth-order valence-corrected chi connectivity index (χ4v) is 4.71. The number of tetrazole rings is 1. The number of benzene rings is 3. The van der Waals surface area contributed by atoms with E-state index in [0.717, 1.165) is 51.5 Å². The van der Waals surface area contributed by atoms with E-state index in [1.807, 2.05) is 4.68 Å². The van der Waals surface area contributed by atoms with Crippen molar-refractivity contribution in [1.82, 2.24) is 30.0 Å². The molecule has 6 heteroatoms. The Hall–Kier alpha value is -3.61. The van der Waals surface area contributed by atoms with Crippen LogP contribution in [0.2, 0.25) is 0 Å². The minimum Gasteiger partial charge on any atom is -0.297 e. The molecule has 0 aliphatic carbocycles. The molecule has 1 aliphatic heterocycles. The minimum atomic E-state index is 0.0454. The lowest BCUT2D eigenvalue weighted by atomic mass is 10.0. The van der Waals surface area contributed by atoms with Crippen molar-refractivity contribution in [3.05, 3.63) is 120 Å². The van der Waals surface area contributed by atoms with Gasteiger partial charge in [-0.2, -0.15) is 0 Å². The lowest BCUT2D eigenvalue weighted by Crippen LogP contribution is -2.48. The summed E-state index contributed by atoms with van der Waals surface area (Å²) < 4.78 is 1.99. The van der Waals surface area contributed by atoms with Gasteiger partial charge in [0.2, 0.25) is 0 Å². The number of aromatic nitrogens is 4. The van der Waals surface area contributed by atoms with E-state index in [1.54, 1.807) is 0 Å². The highest BCUT2D eigenvalue weighted by Crippen LogP contribution is 2.28. The lowest BCUT2D eigenvalue weighted by molar-refractivity contribution is 0.112. The van der Waals surface area contributed by atoms with E-state index in [9.17, 15) is 0 Å². The molecular weight excluding hydrogens is 432 g/mol. The molecule has 1 aromatic heterocycles. The van der Waals surface area contributed by atoms with E-state index in [2.05, 4.69) is 128 Å². The number of nitrogens with zero attached hydrogens (tertiary/aromatic N) is 6. The number of piperazine rings is 1. The van der Waals surface area contributed by atoms with E-state index < -0.39 is 0 Å². The average Bonchev–Trinajstić information content (AvgIpc) is 3.38. The molecule has 2 heterocycles. The summed E-state index contributed by atoms with van der Waals surface area (Å²) in [6, 6.07) is 31.7. The molecular formula is C29H32N6. The fraction of sp³-hybridized carbons (Fsp3) is 0.276. The SMILES string of the molecule is C(=Cc1ccccc1)CN1CCN([C@H](c2ccccc2)c2nnnn2CCc2ccccc2)CC1. The van der Waals surface area contributed by atoms with E-state index in [-0.39, 0.29) is 6.04 Å². The van der Waals surface area contributed by atoms with Crippen LogP contribution < -0.4 is 0 Å². The Balaban J connectivity index is 1.27. The van der Waals surface area contributed by atoms with Gasteiger partial charge < -0.3 is 0 Å². The Morgan fingerprint density at radius 1 is 0.771 bits per heavy atom. The van der Waals surface area contributed by atoms with Gasteiger partial charge in [-0.15, -0.1) is 5.10 Å². The third kappa shape index (κ3) is 6.10. The van der Waals surface area contributed by atoms with Crippen molar-refractivity contribution in [2.24, 2.45) is 0 Å². The summed E-state index contributed by atoms with van der Waals surface area (Å²) in [6.07, 6.45) is 5.38. The van der Waals surface area contributed by atoms with Crippen LogP contribution in [0.5, 0.6) is 0 Å². The summed E-state index contributed by atoms with van der Waals surface area (Å²) >= 11 is 0. The molecule has 35 heavy (non-hydrogen) atoms. The van der Waals surface area contributed by atoms with E-state index in [1.165, 1.54) is 16.7 Å². The lowest BCUT2D eigenvalue weighted by Gasteiger charge is -2.38. The third-order valence-corrected chi connectivity index (χ3v) is 6.62. The first-order valence-corrected chi connectivity index (χ1v) is 12.4. The Morgan fingerprint density at radius 3 is 2.14 bits per heavy atom. The van der Waals surface area contributed by atoms with Gasteiger partial charge >= 0.3 is 0 Å². The molecule has 1 fully saturated rings. The molecule has 1 aliphatic rings. The second kappa shape index (κ2) is 11.7. The van der Waals surface area contributed by atoms with Crippen molar-refractivity contribution >= 4 is 6.08 Å². The van der Waals surface area contributed by atoms with Crippen LogP contribution in [0.1, 0.15) is 28.6 Å².